The quantitative estimate of drug-likeness (QED) is 0.840. The maximum atomic E-state index is 12.8. The monoisotopic (exact) mass is 383 g/mol. The largest absolute Gasteiger partial charge is 0.497 e. The Morgan fingerprint density at radius 3 is 2.64 bits per heavy atom. The fraction of sp³-hybridized carbons (Fsp3) is 0.476. The van der Waals surface area contributed by atoms with E-state index in [9.17, 15) is 4.79 Å². The number of nitrogens with zero attached hydrogens (tertiary/aromatic N) is 3. The molecular weight excluding hydrogens is 356 g/mol. The van der Waals surface area contributed by atoms with Crippen molar-refractivity contribution in [2.45, 2.75) is 18.8 Å². The summed E-state index contributed by atoms with van der Waals surface area (Å²) in [6, 6.07) is 5.77. The molecule has 1 aliphatic carbocycles. The Balaban J connectivity index is 1.62. The van der Waals surface area contributed by atoms with E-state index in [2.05, 4.69) is 16.9 Å². The van der Waals surface area contributed by atoms with Gasteiger partial charge in [-0.2, -0.15) is 0 Å². The first-order chi connectivity index (χ1) is 13.6. The second kappa shape index (κ2) is 7.75. The minimum absolute atomic E-state index is 0.0422. The zero-order valence-corrected chi connectivity index (χ0v) is 16.7. The molecule has 0 bridgehead atoms. The van der Waals surface area contributed by atoms with Gasteiger partial charge in [-0.3, -0.25) is 4.79 Å². The second-order valence-electron chi connectivity index (χ2n) is 7.61. The molecule has 0 spiro atoms. The number of anilines is 1. The molecule has 1 aliphatic heterocycles. The van der Waals surface area contributed by atoms with Crippen LogP contribution in [-0.2, 0) is 6.42 Å². The number of rotatable bonds is 4. The summed E-state index contributed by atoms with van der Waals surface area (Å²) >= 11 is 0. The van der Waals surface area contributed by atoms with Crippen LogP contribution in [0.25, 0.3) is 0 Å². The van der Waals surface area contributed by atoms with Gasteiger partial charge in [-0.05, 0) is 18.1 Å². The van der Waals surface area contributed by atoms with E-state index in [0.717, 1.165) is 54.9 Å². The maximum Gasteiger partial charge on any atom is 0.225 e. The fourth-order valence-electron chi connectivity index (χ4n) is 4.05. The summed E-state index contributed by atoms with van der Waals surface area (Å²) in [6.07, 6.45) is 2.86. The molecule has 1 fully saturated rings. The van der Waals surface area contributed by atoms with Gasteiger partial charge in [-0.25, -0.2) is 9.97 Å². The Bertz CT molecular complexity index is 878. The standard InChI is InChI=1S/C21H26N4O3/c1-24-6-8-25(9-7-24)21-22-13-17-18(23-21)10-14(11-19(17)26)16-5-4-15(27-2)12-20(16)28-3/h4-5,12-14H,6-11H2,1-3H3/p+1/t14-/m1/s1. The highest BCUT2D eigenvalue weighted by Gasteiger charge is 2.31. The average molecular weight is 383 g/mol. The molecule has 2 heterocycles. The number of aromatic nitrogens is 2. The maximum absolute atomic E-state index is 12.8. The van der Waals surface area contributed by atoms with Gasteiger partial charge in [0.2, 0.25) is 5.95 Å². The smallest absolute Gasteiger partial charge is 0.225 e. The van der Waals surface area contributed by atoms with Gasteiger partial charge in [0.05, 0.1) is 58.7 Å². The Hall–Kier alpha value is -2.67. The highest BCUT2D eigenvalue weighted by molar-refractivity contribution is 5.98. The number of carbonyl (C=O) groups excluding carboxylic acids is 1. The lowest BCUT2D eigenvalue weighted by Crippen LogP contribution is -3.12. The number of ketones is 1. The lowest BCUT2D eigenvalue weighted by Gasteiger charge is -2.31. The Morgan fingerprint density at radius 2 is 1.93 bits per heavy atom. The van der Waals surface area contributed by atoms with Gasteiger partial charge < -0.3 is 19.3 Å². The number of hydrogen-bond donors (Lipinski definition) is 1. The summed E-state index contributed by atoms with van der Waals surface area (Å²) in [7, 11) is 5.48. The molecule has 7 nitrogen and oxygen atoms in total. The van der Waals surface area contributed by atoms with E-state index in [4.69, 9.17) is 14.5 Å². The van der Waals surface area contributed by atoms with E-state index in [1.54, 1.807) is 20.4 Å². The summed E-state index contributed by atoms with van der Waals surface area (Å²) in [5.41, 5.74) is 2.52. The van der Waals surface area contributed by atoms with Crippen molar-refractivity contribution in [3.05, 3.63) is 41.2 Å². The topological polar surface area (TPSA) is 69.0 Å². The van der Waals surface area contributed by atoms with E-state index in [1.165, 1.54) is 4.90 Å². The van der Waals surface area contributed by atoms with Gasteiger partial charge in [0.1, 0.15) is 11.5 Å². The van der Waals surface area contributed by atoms with Crippen molar-refractivity contribution in [1.29, 1.82) is 0 Å². The first kappa shape index (κ1) is 18.7. The van der Waals surface area contributed by atoms with Crippen LogP contribution in [0.2, 0.25) is 0 Å². The van der Waals surface area contributed by atoms with Crippen molar-refractivity contribution < 1.29 is 19.2 Å². The molecule has 1 aromatic carbocycles. The summed E-state index contributed by atoms with van der Waals surface area (Å²) in [6.45, 7) is 4.03. The number of quaternary nitrogens is 1. The van der Waals surface area contributed by atoms with Gasteiger partial charge in [0.25, 0.3) is 0 Å². The van der Waals surface area contributed by atoms with Crippen LogP contribution in [0.5, 0.6) is 11.5 Å². The Kier molecular flexibility index (Phi) is 5.17. The number of piperazine rings is 1. The lowest BCUT2D eigenvalue weighted by molar-refractivity contribution is -0.880. The highest BCUT2D eigenvalue weighted by atomic mass is 16.5. The van der Waals surface area contributed by atoms with Crippen molar-refractivity contribution in [2.24, 2.45) is 0 Å². The summed E-state index contributed by atoms with van der Waals surface area (Å²) in [5, 5.41) is 0. The number of hydrogen-bond acceptors (Lipinski definition) is 6. The normalized spacial score (nSPS) is 20.0. The van der Waals surface area contributed by atoms with Crippen LogP contribution in [0, 0.1) is 0 Å². The van der Waals surface area contributed by atoms with Crippen LogP contribution in [0.3, 0.4) is 0 Å². The van der Waals surface area contributed by atoms with Crippen LogP contribution >= 0.6 is 0 Å². The van der Waals surface area contributed by atoms with Gasteiger partial charge in [-0.1, -0.05) is 6.07 Å². The SMILES string of the molecule is COc1ccc([C@H]2CC(=O)c3cnc(N4CC[NH+](C)CC4)nc3C2)c(OC)c1. The number of Topliss-reactive ketones (excluding diaryl/α,β-unsaturated/α-hetero) is 1. The molecule has 2 aliphatic rings. The molecule has 2 aromatic rings. The molecule has 0 unspecified atom stereocenters. The van der Waals surface area contributed by atoms with Gasteiger partial charge in [0, 0.05) is 24.6 Å². The lowest BCUT2D eigenvalue weighted by atomic mass is 9.82. The molecule has 0 amide bonds. The summed E-state index contributed by atoms with van der Waals surface area (Å²) in [5.74, 6) is 2.36. The first-order valence-corrected chi connectivity index (χ1v) is 9.76. The number of ether oxygens (including phenoxy) is 2. The fourth-order valence-corrected chi connectivity index (χ4v) is 4.05. The molecule has 1 saturated heterocycles. The predicted molar refractivity (Wildman–Crippen MR) is 106 cm³/mol. The van der Waals surface area contributed by atoms with Crippen LogP contribution in [0.4, 0.5) is 5.95 Å². The number of methoxy groups -OCH3 is 2. The molecule has 148 valence electrons. The van der Waals surface area contributed by atoms with Crippen molar-refractivity contribution in [1.82, 2.24) is 9.97 Å². The third kappa shape index (κ3) is 3.54. The predicted octanol–water partition coefficient (Wildman–Crippen LogP) is 0.741. The van der Waals surface area contributed by atoms with E-state index in [-0.39, 0.29) is 11.7 Å². The Morgan fingerprint density at radius 1 is 1.14 bits per heavy atom. The number of benzene rings is 1. The molecule has 0 saturated carbocycles. The molecule has 1 atom stereocenters. The van der Waals surface area contributed by atoms with Crippen molar-refractivity contribution in [3.8, 4) is 11.5 Å². The molecule has 28 heavy (non-hydrogen) atoms. The molecule has 0 radical (unpaired) electrons. The molecule has 1 N–H and O–H groups in total. The van der Waals surface area contributed by atoms with Crippen molar-refractivity contribution in [2.75, 3.05) is 52.3 Å². The van der Waals surface area contributed by atoms with E-state index in [1.807, 2.05) is 18.2 Å². The highest BCUT2D eigenvalue weighted by Crippen LogP contribution is 2.38. The van der Waals surface area contributed by atoms with Gasteiger partial charge >= 0.3 is 0 Å². The number of nitrogens with one attached hydrogen (secondary N) is 1. The summed E-state index contributed by atoms with van der Waals surface area (Å²) < 4.78 is 10.9. The van der Waals surface area contributed by atoms with Gasteiger partial charge in [0.15, 0.2) is 5.78 Å². The Labute approximate surface area is 165 Å². The van der Waals surface area contributed by atoms with E-state index >= 15 is 0 Å². The van der Waals surface area contributed by atoms with E-state index < -0.39 is 0 Å². The number of fused-ring (bicyclic) bond motifs is 1. The summed E-state index contributed by atoms with van der Waals surface area (Å²) in [4.78, 5) is 25.8. The van der Waals surface area contributed by atoms with Crippen molar-refractivity contribution >= 4 is 11.7 Å². The number of likely N-dealkylation sites (N-methyl/N-ethyl adjacent to an activating group) is 1. The zero-order valence-electron chi connectivity index (χ0n) is 16.7. The van der Waals surface area contributed by atoms with Crippen LogP contribution < -0.4 is 19.3 Å². The van der Waals surface area contributed by atoms with E-state index in [0.29, 0.717) is 18.4 Å². The molecule has 4 rings (SSSR count). The second-order valence-corrected chi connectivity index (χ2v) is 7.61. The minimum atomic E-state index is 0.0422. The van der Waals surface area contributed by atoms with Crippen LogP contribution in [-0.4, -0.2) is 63.2 Å². The van der Waals surface area contributed by atoms with Crippen molar-refractivity contribution in [3.63, 3.8) is 0 Å². The molecule has 1 aromatic heterocycles. The minimum Gasteiger partial charge on any atom is -0.497 e. The molecule has 7 heteroatoms. The first-order valence-electron chi connectivity index (χ1n) is 9.76. The van der Waals surface area contributed by atoms with Crippen LogP contribution in [0.15, 0.2) is 24.4 Å². The third-order valence-corrected chi connectivity index (χ3v) is 5.81. The zero-order chi connectivity index (χ0) is 19.7. The number of carbonyl (C=O) groups is 1. The van der Waals surface area contributed by atoms with Crippen LogP contribution in [0.1, 0.15) is 34.0 Å². The van der Waals surface area contributed by atoms with Gasteiger partial charge in [-0.15, -0.1) is 0 Å². The third-order valence-electron chi connectivity index (χ3n) is 5.81. The average Bonchev–Trinajstić information content (AvgIpc) is 2.73. The molecular formula is C21H27N4O3+.